The van der Waals surface area contributed by atoms with Gasteiger partial charge < -0.3 is 14.8 Å². The van der Waals surface area contributed by atoms with Gasteiger partial charge in [-0.2, -0.15) is 0 Å². The Bertz CT molecular complexity index is 696. The maximum atomic E-state index is 12.1. The Morgan fingerprint density at radius 2 is 2.28 bits per heavy atom. The standard InChI is InChI=1S/C16H20BrClN4O3/c1-8-5-9(6-10(17)13(8)24-2)7-12-14(23)22-15(25-12)11(18)3-4-21-16(19)20/h5-7,11,15H,3-4H2,1-2H3,(H,22,23)(H4,19,20,21)/p+1/b12-7-. The first kappa shape index (κ1) is 19.4. The van der Waals surface area contributed by atoms with Crippen molar-refractivity contribution in [3.8, 4) is 5.75 Å². The van der Waals surface area contributed by atoms with E-state index < -0.39 is 11.6 Å². The van der Waals surface area contributed by atoms with E-state index in [0.717, 1.165) is 21.3 Å². The number of aryl methyl sites for hydroxylation is 1. The number of benzene rings is 1. The van der Waals surface area contributed by atoms with Crippen LogP contribution in [-0.4, -0.2) is 37.1 Å². The second kappa shape index (κ2) is 8.44. The molecule has 1 aliphatic rings. The molecule has 0 radical (unpaired) electrons. The van der Waals surface area contributed by atoms with Crippen LogP contribution in [0.2, 0.25) is 0 Å². The van der Waals surface area contributed by atoms with Crippen molar-refractivity contribution in [2.24, 2.45) is 11.5 Å². The molecule has 1 aromatic carbocycles. The maximum absolute atomic E-state index is 12.1. The van der Waals surface area contributed by atoms with Crippen LogP contribution in [0.25, 0.3) is 6.08 Å². The average Bonchev–Trinajstić information content (AvgIpc) is 2.87. The lowest BCUT2D eigenvalue weighted by Crippen LogP contribution is -2.78. The summed E-state index contributed by atoms with van der Waals surface area (Å²) < 4.78 is 11.8. The van der Waals surface area contributed by atoms with Gasteiger partial charge in [-0.15, -0.1) is 11.6 Å². The minimum Gasteiger partial charge on any atom is -0.495 e. The number of guanidine groups is 1. The molecule has 2 unspecified atom stereocenters. The summed E-state index contributed by atoms with van der Waals surface area (Å²) in [4.78, 5) is 14.9. The van der Waals surface area contributed by atoms with Crippen molar-refractivity contribution in [1.82, 2.24) is 5.32 Å². The number of halogens is 2. The van der Waals surface area contributed by atoms with E-state index in [-0.39, 0.29) is 17.6 Å². The van der Waals surface area contributed by atoms with Crippen molar-refractivity contribution in [3.05, 3.63) is 33.5 Å². The van der Waals surface area contributed by atoms with E-state index in [9.17, 15) is 4.79 Å². The number of amides is 1. The molecule has 1 amide bonds. The second-order valence-corrected chi connectivity index (χ2v) is 6.98. The first-order valence-corrected chi connectivity index (χ1v) is 8.84. The fraction of sp³-hybridized carbons (Fsp3) is 0.375. The van der Waals surface area contributed by atoms with Crippen LogP contribution >= 0.6 is 27.5 Å². The van der Waals surface area contributed by atoms with Gasteiger partial charge in [0.15, 0.2) is 12.0 Å². The molecule has 2 atom stereocenters. The number of methoxy groups -OCH3 is 1. The fourth-order valence-corrected chi connectivity index (χ4v) is 3.40. The molecular formula is C16H21BrClN4O3+. The van der Waals surface area contributed by atoms with Crippen LogP contribution in [0.5, 0.6) is 5.75 Å². The molecule has 7 nitrogen and oxygen atoms in total. The highest BCUT2D eigenvalue weighted by Gasteiger charge is 2.33. The second-order valence-electron chi connectivity index (χ2n) is 5.56. The van der Waals surface area contributed by atoms with E-state index in [0.29, 0.717) is 13.0 Å². The molecular weight excluding hydrogens is 412 g/mol. The third kappa shape index (κ3) is 5.02. The molecule has 0 spiro atoms. The number of nitrogens with one attached hydrogen (secondary N) is 2. The highest BCUT2D eigenvalue weighted by atomic mass is 79.9. The summed E-state index contributed by atoms with van der Waals surface area (Å²) in [6.45, 7) is 2.40. The highest BCUT2D eigenvalue weighted by molar-refractivity contribution is 9.10. The number of hydrogen-bond acceptors (Lipinski definition) is 3. The molecule has 2 rings (SSSR count). The van der Waals surface area contributed by atoms with Crippen molar-refractivity contribution in [3.63, 3.8) is 0 Å². The fourth-order valence-electron chi connectivity index (χ4n) is 2.44. The summed E-state index contributed by atoms with van der Waals surface area (Å²) in [7, 11) is 1.61. The topological polar surface area (TPSA) is 114 Å². The number of nitrogens with two attached hydrogens (primary N) is 2. The van der Waals surface area contributed by atoms with E-state index >= 15 is 0 Å². The molecule has 136 valence electrons. The molecule has 0 bridgehead atoms. The summed E-state index contributed by atoms with van der Waals surface area (Å²) in [5, 5.41) is 2.29. The number of rotatable bonds is 6. The Hall–Kier alpha value is -1.93. The van der Waals surface area contributed by atoms with Crippen molar-refractivity contribution in [2.75, 3.05) is 13.7 Å². The highest BCUT2D eigenvalue weighted by Crippen LogP contribution is 2.31. The molecule has 1 heterocycles. The minimum absolute atomic E-state index is 0.126. The monoisotopic (exact) mass is 431 g/mol. The van der Waals surface area contributed by atoms with Crippen molar-refractivity contribution in [1.29, 1.82) is 0 Å². The summed E-state index contributed by atoms with van der Waals surface area (Å²) >= 11 is 9.72. The Kier molecular flexibility index (Phi) is 6.55. The van der Waals surface area contributed by atoms with Gasteiger partial charge in [-0.05, 0) is 58.6 Å². The van der Waals surface area contributed by atoms with Crippen LogP contribution in [0.15, 0.2) is 22.4 Å². The molecule has 0 saturated carbocycles. The van der Waals surface area contributed by atoms with Crippen LogP contribution in [0.3, 0.4) is 0 Å². The van der Waals surface area contributed by atoms with Gasteiger partial charge in [0.05, 0.1) is 23.5 Å². The first-order valence-electron chi connectivity index (χ1n) is 7.61. The van der Waals surface area contributed by atoms with Crippen molar-refractivity contribution in [2.45, 2.75) is 24.9 Å². The molecule has 1 saturated heterocycles. The summed E-state index contributed by atoms with van der Waals surface area (Å²) in [5.74, 6) is 0.783. The predicted octanol–water partition coefficient (Wildman–Crippen LogP) is -0.0690. The lowest BCUT2D eigenvalue weighted by molar-refractivity contribution is -0.459. The number of carbonyl (C=O) groups excluding carboxylic acids is 1. The Labute approximate surface area is 159 Å². The van der Waals surface area contributed by atoms with Gasteiger partial charge in [0.2, 0.25) is 0 Å². The zero-order chi connectivity index (χ0) is 18.6. The van der Waals surface area contributed by atoms with Gasteiger partial charge in [-0.1, -0.05) is 0 Å². The number of carbonyl (C=O) groups is 1. The molecule has 9 heteroatoms. The van der Waals surface area contributed by atoms with Crippen LogP contribution in [0, 0.1) is 6.92 Å². The van der Waals surface area contributed by atoms with Gasteiger partial charge in [-0.25, -0.2) is 0 Å². The lowest BCUT2D eigenvalue weighted by atomic mass is 10.1. The summed E-state index contributed by atoms with van der Waals surface area (Å²) in [5.41, 5.74) is 12.4. The van der Waals surface area contributed by atoms with E-state index in [1.54, 1.807) is 13.2 Å². The molecule has 6 N–H and O–H groups in total. The predicted molar refractivity (Wildman–Crippen MR) is 99.9 cm³/mol. The number of alkyl halides is 1. The third-order valence-electron chi connectivity index (χ3n) is 3.58. The SMILES string of the molecule is COc1c(C)cc(/C=C2\OC(C(Cl)CC[NH+]=C(N)N)NC2=O)cc1Br. The largest absolute Gasteiger partial charge is 0.495 e. The normalized spacial score (nSPS) is 19.3. The smallest absolute Gasteiger partial charge is 0.338 e. The molecule has 0 aromatic heterocycles. The van der Waals surface area contributed by atoms with Gasteiger partial charge >= 0.3 is 5.96 Å². The molecule has 1 aromatic rings. The quantitative estimate of drug-likeness (QED) is 0.217. The van der Waals surface area contributed by atoms with E-state index in [2.05, 4.69) is 26.2 Å². The Balaban J connectivity index is 2.09. The van der Waals surface area contributed by atoms with E-state index in [1.165, 1.54) is 0 Å². The Morgan fingerprint density at radius 1 is 1.56 bits per heavy atom. The van der Waals surface area contributed by atoms with Crippen molar-refractivity contribution >= 4 is 45.5 Å². The van der Waals surface area contributed by atoms with Crippen LogP contribution < -0.4 is 26.5 Å². The first-order chi connectivity index (χ1) is 11.8. The summed E-state index contributed by atoms with van der Waals surface area (Å²) in [6.07, 6.45) is 1.58. The zero-order valence-corrected chi connectivity index (χ0v) is 16.3. The lowest BCUT2D eigenvalue weighted by Gasteiger charge is -2.15. The van der Waals surface area contributed by atoms with Crippen LogP contribution in [-0.2, 0) is 9.53 Å². The van der Waals surface area contributed by atoms with Crippen molar-refractivity contribution < 1.29 is 19.3 Å². The van der Waals surface area contributed by atoms with Crippen LogP contribution in [0.4, 0.5) is 0 Å². The minimum atomic E-state index is -0.607. The summed E-state index contributed by atoms with van der Waals surface area (Å²) in [6, 6.07) is 3.76. The molecule has 0 aliphatic carbocycles. The van der Waals surface area contributed by atoms with Crippen LogP contribution in [0.1, 0.15) is 17.5 Å². The molecule has 25 heavy (non-hydrogen) atoms. The molecule has 1 aliphatic heterocycles. The average molecular weight is 433 g/mol. The zero-order valence-electron chi connectivity index (χ0n) is 13.9. The van der Waals surface area contributed by atoms with Gasteiger partial charge in [0.1, 0.15) is 5.75 Å². The van der Waals surface area contributed by atoms with Gasteiger partial charge in [-0.3, -0.25) is 21.3 Å². The Morgan fingerprint density at radius 3 is 2.88 bits per heavy atom. The van der Waals surface area contributed by atoms with Gasteiger partial charge in [0, 0.05) is 0 Å². The number of hydrogen-bond donors (Lipinski definition) is 4. The molecule has 1 fully saturated rings. The number of ether oxygens (including phenoxy) is 2. The van der Waals surface area contributed by atoms with E-state index in [1.807, 2.05) is 19.1 Å². The van der Waals surface area contributed by atoms with E-state index in [4.69, 9.17) is 32.5 Å². The van der Waals surface area contributed by atoms with Gasteiger partial charge in [0.25, 0.3) is 5.91 Å². The third-order valence-corrected chi connectivity index (χ3v) is 4.62. The maximum Gasteiger partial charge on any atom is 0.338 e.